The average molecular weight is 727 g/mol. The lowest BCUT2D eigenvalue weighted by molar-refractivity contribution is 0.669. The summed E-state index contributed by atoms with van der Waals surface area (Å²) in [7, 11) is 0. The maximum Gasteiger partial charge on any atom is 0.135 e. The van der Waals surface area contributed by atoms with Crippen molar-refractivity contribution in [2.75, 3.05) is 4.90 Å². The molecule has 0 bridgehead atoms. The molecule has 0 fully saturated rings. The fraction of sp³-hybridized carbons (Fsp3) is 0. The fourth-order valence-corrected chi connectivity index (χ4v) is 9.15. The second kappa shape index (κ2) is 12.5. The highest BCUT2D eigenvalue weighted by Gasteiger charge is 2.19. The maximum absolute atomic E-state index is 6.27. The van der Waals surface area contributed by atoms with E-state index in [9.17, 15) is 0 Å². The van der Waals surface area contributed by atoms with Crippen molar-refractivity contribution in [3.05, 3.63) is 206 Å². The third-order valence-corrected chi connectivity index (χ3v) is 11.8. The molecule has 266 valence electrons. The van der Waals surface area contributed by atoms with Gasteiger partial charge >= 0.3 is 0 Å². The van der Waals surface area contributed by atoms with Crippen molar-refractivity contribution in [1.82, 2.24) is 4.57 Å². The molecule has 10 aromatic carbocycles. The molecule has 12 aromatic rings. The monoisotopic (exact) mass is 726 g/mol. The van der Waals surface area contributed by atoms with E-state index < -0.39 is 0 Å². The largest absolute Gasteiger partial charge is 0.456 e. The zero-order valence-electron chi connectivity index (χ0n) is 30.9. The number of anilines is 3. The highest BCUT2D eigenvalue weighted by molar-refractivity contribution is 6.26. The molecule has 2 aromatic heterocycles. The van der Waals surface area contributed by atoms with Crippen LogP contribution < -0.4 is 4.90 Å². The first-order valence-electron chi connectivity index (χ1n) is 19.5. The van der Waals surface area contributed by atoms with Crippen LogP contribution in [-0.4, -0.2) is 4.57 Å². The SMILES string of the molecule is c1ccc(-n2c3ccccc3c3cc(-c4ccc(N(c5ccc6oc7ccccc7c6c5)c5ccc6c7ccccc7c7ccccc7c6c5)cc4)ccc32)cc1. The van der Waals surface area contributed by atoms with E-state index in [1.165, 1.54) is 65.3 Å². The van der Waals surface area contributed by atoms with E-state index in [0.717, 1.165) is 44.7 Å². The van der Waals surface area contributed by atoms with Gasteiger partial charge in [0, 0.05) is 44.3 Å². The van der Waals surface area contributed by atoms with Crippen molar-refractivity contribution in [2.45, 2.75) is 0 Å². The molecule has 3 heteroatoms. The lowest BCUT2D eigenvalue weighted by Crippen LogP contribution is -2.10. The second-order valence-corrected chi connectivity index (χ2v) is 14.9. The van der Waals surface area contributed by atoms with Crippen molar-refractivity contribution in [3.8, 4) is 16.8 Å². The Bertz CT molecular complexity index is 3490. The quantitative estimate of drug-likeness (QED) is 0.165. The van der Waals surface area contributed by atoms with Crippen LogP contribution in [-0.2, 0) is 0 Å². The smallest absolute Gasteiger partial charge is 0.135 e. The molecule has 0 aliphatic rings. The number of nitrogens with zero attached hydrogens (tertiary/aromatic N) is 2. The molecule has 0 aliphatic carbocycles. The van der Waals surface area contributed by atoms with Crippen molar-refractivity contribution in [2.24, 2.45) is 0 Å². The molecule has 12 rings (SSSR count). The third kappa shape index (κ3) is 4.92. The van der Waals surface area contributed by atoms with Crippen LogP contribution in [0.3, 0.4) is 0 Å². The van der Waals surface area contributed by atoms with E-state index in [-0.39, 0.29) is 0 Å². The van der Waals surface area contributed by atoms with Crippen molar-refractivity contribution < 1.29 is 4.42 Å². The maximum atomic E-state index is 6.27. The Hall–Kier alpha value is -7.62. The summed E-state index contributed by atoms with van der Waals surface area (Å²) >= 11 is 0. The summed E-state index contributed by atoms with van der Waals surface area (Å²) in [6.45, 7) is 0. The van der Waals surface area contributed by atoms with Gasteiger partial charge in [0.25, 0.3) is 0 Å². The van der Waals surface area contributed by atoms with Gasteiger partial charge < -0.3 is 13.9 Å². The van der Waals surface area contributed by atoms with Gasteiger partial charge in [0.1, 0.15) is 11.2 Å². The first kappa shape index (κ1) is 31.7. The fourth-order valence-electron chi connectivity index (χ4n) is 9.15. The molecule has 0 saturated carbocycles. The van der Waals surface area contributed by atoms with Crippen LogP contribution in [0, 0.1) is 0 Å². The van der Waals surface area contributed by atoms with Gasteiger partial charge in [0.15, 0.2) is 0 Å². The molecule has 0 spiro atoms. The van der Waals surface area contributed by atoms with Gasteiger partial charge in [-0.25, -0.2) is 0 Å². The molecule has 0 N–H and O–H groups in total. The number of aromatic nitrogens is 1. The van der Waals surface area contributed by atoms with Crippen LogP contribution in [0.15, 0.2) is 211 Å². The van der Waals surface area contributed by atoms with Crippen LogP contribution in [0.2, 0.25) is 0 Å². The predicted octanol–water partition coefficient (Wildman–Crippen LogP) is 15.3. The molecular weight excluding hydrogens is 693 g/mol. The Morgan fingerprint density at radius 3 is 1.54 bits per heavy atom. The van der Waals surface area contributed by atoms with Gasteiger partial charge in [0.2, 0.25) is 0 Å². The molecule has 0 saturated heterocycles. The topological polar surface area (TPSA) is 21.3 Å². The van der Waals surface area contributed by atoms with E-state index in [1.807, 2.05) is 12.1 Å². The van der Waals surface area contributed by atoms with E-state index in [0.29, 0.717) is 0 Å². The summed E-state index contributed by atoms with van der Waals surface area (Å²) in [6.07, 6.45) is 0. The number of benzene rings is 10. The molecule has 2 heterocycles. The number of para-hydroxylation sites is 3. The second-order valence-electron chi connectivity index (χ2n) is 14.9. The van der Waals surface area contributed by atoms with Crippen LogP contribution in [0.4, 0.5) is 17.1 Å². The summed E-state index contributed by atoms with van der Waals surface area (Å²) < 4.78 is 8.64. The Balaban J connectivity index is 1.03. The van der Waals surface area contributed by atoms with Crippen LogP contribution in [0.25, 0.3) is 92.9 Å². The van der Waals surface area contributed by atoms with Crippen LogP contribution >= 0.6 is 0 Å². The average Bonchev–Trinajstić information content (AvgIpc) is 3.82. The summed E-state index contributed by atoms with van der Waals surface area (Å²) in [5.74, 6) is 0. The highest BCUT2D eigenvalue weighted by atomic mass is 16.3. The summed E-state index contributed by atoms with van der Waals surface area (Å²) in [4.78, 5) is 2.38. The number of hydrogen-bond donors (Lipinski definition) is 0. The molecule has 57 heavy (non-hydrogen) atoms. The number of fused-ring (bicyclic) bond motifs is 12. The van der Waals surface area contributed by atoms with E-state index >= 15 is 0 Å². The Kier molecular flexibility index (Phi) is 6.93. The lowest BCUT2D eigenvalue weighted by Gasteiger charge is -2.26. The van der Waals surface area contributed by atoms with Gasteiger partial charge in [-0.05, 0) is 122 Å². The van der Waals surface area contributed by atoms with Gasteiger partial charge in [-0.1, -0.05) is 127 Å². The van der Waals surface area contributed by atoms with Crippen molar-refractivity contribution >= 4 is 93.1 Å². The minimum atomic E-state index is 0.884. The molecule has 0 amide bonds. The first-order valence-corrected chi connectivity index (χ1v) is 19.5. The van der Waals surface area contributed by atoms with E-state index in [2.05, 4.69) is 204 Å². The minimum absolute atomic E-state index is 0.884. The first-order chi connectivity index (χ1) is 28.3. The van der Waals surface area contributed by atoms with Gasteiger partial charge in [0.05, 0.1) is 11.0 Å². The Morgan fingerprint density at radius 2 is 0.807 bits per heavy atom. The Labute approximate surface area is 328 Å². The number of rotatable bonds is 5. The normalized spacial score (nSPS) is 11.9. The van der Waals surface area contributed by atoms with Crippen LogP contribution in [0.5, 0.6) is 0 Å². The molecule has 0 aliphatic heterocycles. The Morgan fingerprint density at radius 1 is 0.298 bits per heavy atom. The van der Waals surface area contributed by atoms with Crippen molar-refractivity contribution in [3.63, 3.8) is 0 Å². The molecule has 0 unspecified atom stereocenters. The summed E-state index contributed by atoms with van der Waals surface area (Å²) in [5, 5.41) is 12.3. The predicted molar refractivity (Wildman–Crippen MR) is 241 cm³/mol. The zero-order chi connectivity index (χ0) is 37.5. The van der Waals surface area contributed by atoms with Crippen molar-refractivity contribution in [1.29, 1.82) is 0 Å². The van der Waals surface area contributed by atoms with Crippen LogP contribution in [0.1, 0.15) is 0 Å². The van der Waals surface area contributed by atoms with Gasteiger partial charge in [-0.2, -0.15) is 0 Å². The minimum Gasteiger partial charge on any atom is -0.456 e. The third-order valence-electron chi connectivity index (χ3n) is 11.8. The highest BCUT2D eigenvalue weighted by Crippen LogP contribution is 2.43. The van der Waals surface area contributed by atoms with Gasteiger partial charge in [-0.3, -0.25) is 0 Å². The lowest BCUT2D eigenvalue weighted by atomic mass is 9.94. The van der Waals surface area contributed by atoms with E-state index in [4.69, 9.17) is 4.42 Å². The van der Waals surface area contributed by atoms with Gasteiger partial charge in [-0.15, -0.1) is 0 Å². The molecule has 0 atom stereocenters. The van der Waals surface area contributed by atoms with E-state index in [1.54, 1.807) is 0 Å². The molecule has 3 nitrogen and oxygen atoms in total. The molecular formula is C54H34N2O. The summed E-state index contributed by atoms with van der Waals surface area (Å²) in [5.41, 5.74) is 11.0. The summed E-state index contributed by atoms with van der Waals surface area (Å²) in [6, 6.07) is 74.6. The number of hydrogen-bond acceptors (Lipinski definition) is 2. The molecule has 0 radical (unpaired) electrons. The number of furan rings is 1. The zero-order valence-corrected chi connectivity index (χ0v) is 30.9. The standard InChI is InChI=1S/C54H34N2O/c1-2-12-37(13-3-1)56-51-20-10-8-18-46(51)49-32-36(24-30-52(49)56)35-22-25-38(26-23-35)55(40-28-31-54-50(34-40)47-19-9-11-21-53(47)57-54)39-27-29-45-43-16-5-4-14-41(43)42-15-6-7-17-44(42)48(45)33-39/h1-34H.